The number of rotatable bonds is 2. The van der Waals surface area contributed by atoms with Crippen LogP contribution in [0.25, 0.3) is 0 Å². The summed E-state index contributed by atoms with van der Waals surface area (Å²) in [5, 5.41) is 4.20. The Hall–Kier alpha value is -3.22. The highest BCUT2D eigenvalue weighted by Crippen LogP contribution is 2.38. The number of hydrogen-bond acceptors (Lipinski definition) is 6. The van der Waals surface area contributed by atoms with E-state index in [-0.39, 0.29) is 0 Å². The molecule has 1 N–H and O–H groups in total. The van der Waals surface area contributed by atoms with Gasteiger partial charge in [-0.25, -0.2) is 4.99 Å². The molecule has 3 aromatic rings. The van der Waals surface area contributed by atoms with Crippen LogP contribution in [0.4, 0.5) is 17.1 Å². The Bertz CT molecular complexity index is 1200. The number of piperazine rings is 1. The van der Waals surface area contributed by atoms with E-state index in [9.17, 15) is 0 Å². The minimum atomic E-state index is 0.309. The number of amidine groups is 1. The standard InChI is InChI=1S/C25H23ClN4O2/c26-19-5-3-4-18-24(19)27-20-6-1-2-7-21(20)28-25(18)30-12-10-29(11-13-30)15-17-8-9-22-23(14-17)32-16-31-22/h1-9,14,27H,10-13,15-16H2. The molecule has 0 amide bonds. The van der Waals surface area contributed by atoms with Gasteiger partial charge in [0.1, 0.15) is 5.84 Å². The van der Waals surface area contributed by atoms with Crippen molar-refractivity contribution < 1.29 is 9.47 Å². The first-order chi connectivity index (χ1) is 15.7. The zero-order valence-corrected chi connectivity index (χ0v) is 18.3. The lowest BCUT2D eigenvalue weighted by atomic mass is 10.1. The average Bonchev–Trinajstić information content (AvgIpc) is 3.21. The molecule has 0 unspecified atom stereocenters. The van der Waals surface area contributed by atoms with Gasteiger partial charge >= 0.3 is 0 Å². The number of para-hydroxylation sites is 3. The molecule has 32 heavy (non-hydrogen) atoms. The van der Waals surface area contributed by atoms with Crippen LogP contribution in [0, 0.1) is 0 Å². The molecule has 1 fully saturated rings. The number of aliphatic imine (C=N–C) groups is 1. The smallest absolute Gasteiger partial charge is 0.231 e. The lowest BCUT2D eigenvalue weighted by Gasteiger charge is -2.36. The molecule has 1 saturated heterocycles. The third kappa shape index (κ3) is 3.55. The number of halogens is 1. The number of fused-ring (bicyclic) bond motifs is 3. The maximum Gasteiger partial charge on any atom is 0.231 e. The Morgan fingerprint density at radius 3 is 2.66 bits per heavy atom. The first kappa shape index (κ1) is 19.5. The second kappa shape index (κ2) is 8.04. The molecule has 0 spiro atoms. The highest BCUT2D eigenvalue weighted by Gasteiger charge is 2.26. The summed E-state index contributed by atoms with van der Waals surface area (Å²) in [6.45, 7) is 4.92. The highest BCUT2D eigenvalue weighted by atomic mass is 35.5. The number of benzene rings is 3. The molecule has 0 atom stereocenters. The van der Waals surface area contributed by atoms with Gasteiger partial charge in [-0.1, -0.05) is 35.9 Å². The van der Waals surface area contributed by atoms with E-state index in [0.29, 0.717) is 11.8 Å². The third-order valence-corrected chi connectivity index (χ3v) is 6.47. The van der Waals surface area contributed by atoms with Crippen LogP contribution in [-0.4, -0.2) is 48.6 Å². The van der Waals surface area contributed by atoms with Crippen LogP contribution in [0.15, 0.2) is 65.7 Å². The molecular formula is C25H23ClN4O2. The Balaban J connectivity index is 1.23. The molecule has 3 aromatic carbocycles. The van der Waals surface area contributed by atoms with Crippen LogP contribution >= 0.6 is 11.6 Å². The van der Waals surface area contributed by atoms with E-state index < -0.39 is 0 Å². The zero-order chi connectivity index (χ0) is 21.5. The first-order valence-electron chi connectivity index (χ1n) is 10.8. The van der Waals surface area contributed by atoms with Gasteiger partial charge in [-0.15, -0.1) is 0 Å². The molecule has 7 heteroatoms. The van der Waals surface area contributed by atoms with E-state index >= 15 is 0 Å². The van der Waals surface area contributed by atoms with Gasteiger partial charge in [0.15, 0.2) is 11.5 Å². The predicted molar refractivity (Wildman–Crippen MR) is 127 cm³/mol. The van der Waals surface area contributed by atoms with Crippen molar-refractivity contribution in [3.8, 4) is 11.5 Å². The molecule has 162 valence electrons. The second-order valence-electron chi connectivity index (χ2n) is 8.19. The Kier molecular flexibility index (Phi) is 4.89. The Labute approximate surface area is 192 Å². The van der Waals surface area contributed by atoms with Crippen LogP contribution in [-0.2, 0) is 6.54 Å². The molecule has 3 aliphatic heterocycles. The fourth-order valence-electron chi connectivity index (χ4n) is 4.48. The molecule has 0 saturated carbocycles. The van der Waals surface area contributed by atoms with Gasteiger partial charge in [0.05, 0.1) is 22.1 Å². The van der Waals surface area contributed by atoms with E-state index in [2.05, 4.69) is 33.3 Å². The summed E-state index contributed by atoms with van der Waals surface area (Å²) >= 11 is 6.58. The molecule has 0 bridgehead atoms. The van der Waals surface area contributed by atoms with Crippen molar-refractivity contribution in [3.63, 3.8) is 0 Å². The van der Waals surface area contributed by atoms with Crippen molar-refractivity contribution in [2.75, 3.05) is 38.3 Å². The van der Waals surface area contributed by atoms with Gasteiger partial charge in [-0.2, -0.15) is 0 Å². The SMILES string of the molecule is Clc1cccc2c1Nc1ccccc1N=C2N1CCN(Cc2ccc3c(c2)OCO3)CC1. The van der Waals surface area contributed by atoms with Crippen molar-refractivity contribution in [3.05, 3.63) is 76.8 Å². The Morgan fingerprint density at radius 1 is 0.906 bits per heavy atom. The molecule has 0 radical (unpaired) electrons. The number of ether oxygens (including phenoxy) is 2. The minimum Gasteiger partial charge on any atom is -0.454 e. The second-order valence-corrected chi connectivity index (χ2v) is 8.60. The summed E-state index contributed by atoms with van der Waals surface area (Å²) in [5.74, 6) is 2.65. The molecular weight excluding hydrogens is 424 g/mol. The summed E-state index contributed by atoms with van der Waals surface area (Å²) < 4.78 is 11.0. The van der Waals surface area contributed by atoms with Crippen molar-refractivity contribution in [2.45, 2.75) is 6.54 Å². The number of nitrogens with one attached hydrogen (secondary N) is 1. The zero-order valence-electron chi connectivity index (χ0n) is 17.6. The maximum atomic E-state index is 6.58. The van der Waals surface area contributed by atoms with Gasteiger partial charge in [0.2, 0.25) is 6.79 Å². The topological polar surface area (TPSA) is 49.3 Å². The first-order valence-corrected chi connectivity index (χ1v) is 11.2. The van der Waals surface area contributed by atoms with Crippen molar-refractivity contribution in [1.82, 2.24) is 9.80 Å². The van der Waals surface area contributed by atoms with Crippen molar-refractivity contribution in [2.24, 2.45) is 4.99 Å². The third-order valence-electron chi connectivity index (χ3n) is 6.16. The van der Waals surface area contributed by atoms with E-state index in [1.54, 1.807) is 0 Å². The van der Waals surface area contributed by atoms with Crippen LogP contribution < -0.4 is 14.8 Å². The quantitative estimate of drug-likeness (QED) is 0.598. The van der Waals surface area contributed by atoms with Gasteiger partial charge in [0, 0.05) is 38.3 Å². The number of anilines is 2. The van der Waals surface area contributed by atoms with Crippen molar-refractivity contribution in [1.29, 1.82) is 0 Å². The fourth-order valence-corrected chi connectivity index (χ4v) is 4.70. The summed E-state index contributed by atoms with van der Waals surface area (Å²) in [6, 6.07) is 20.3. The summed E-state index contributed by atoms with van der Waals surface area (Å²) in [7, 11) is 0. The minimum absolute atomic E-state index is 0.309. The van der Waals surface area contributed by atoms with Gasteiger partial charge in [0.25, 0.3) is 0 Å². The molecule has 6 rings (SSSR count). The molecule has 6 nitrogen and oxygen atoms in total. The van der Waals surface area contributed by atoms with E-state index in [1.807, 2.05) is 42.5 Å². The Morgan fingerprint density at radius 2 is 1.75 bits per heavy atom. The monoisotopic (exact) mass is 446 g/mol. The normalized spacial score (nSPS) is 17.2. The fraction of sp³-hybridized carbons (Fsp3) is 0.240. The summed E-state index contributed by atoms with van der Waals surface area (Å²) in [6.07, 6.45) is 0. The maximum absolute atomic E-state index is 6.58. The van der Waals surface area contributed by atoms with Crippen molar-refractivity contribution >= 4 is 34.5 Å². The van der Waals surface area contributed by atoms with Gasteiger partial charge in [-0.3, -0.25) is 4.90 Å². The highest BCUT2D eigenvalue weighted by molar-refractivity contribution is 6.34. The van der Waals surface area contributed by atoms with Gasteiger partial charge in [-0.05, 0) is 42.0 Å². The average molecular weight is 447 g/mol. The number of hydrogen-bond donors (Lipinski definition) is 1. The lowest BCUT2D eigenvalue weighted by molar-refractivity contribution is 0.172. The molecule has 3 aliphatic rings. The number of nitrogens with zero attached hydrogens (tertiary/aromatic N) is 3. The van der Waals surface area contributed by atoms with Crippen LogP contribution in [0.5, 0.6) is 11.5 Å². The van der Waals surface area contributed by atoms with E-state index in [4.69, 9.17) is 26.1 Å². The molecule has 0 aromatic heterocycles. The van der Waals surface area contributed by atoms with Crippen LogP contribution in [0.2, 0.25) is 5.02 Å². The molecule has 3 heterocycles. The predicted octanol–water partition coefficient (Wildman–Crippen LogP) is 5.02. The van der Waals surface area contributed by atoms with Gasteiger partial charge < -0.3 is 19.7 Å². The largest absolute Gasteiger partial charge is 0.454 e. The summed E-state index contributed by atoms with van der Waals surface area (Å²) in [4.78, 5) is 9.90. The van der Waals surface area contributed by atoms with E-state index in [1.165, 1.54) is 5.56 Å². The lowest BCUT2D eigenvalue weighted by Crippen LogP contribution is -2.48. The summed E-state index contributed by atoms with van der Waals surface area (Å²) in [5.41, 5.74) is 5.10. The van der Waals surface area contributed by atoms with Crippen LogP contribution in [0.3, 0.4) is 0 Å². The van der Waals surface area contributed by atoms with E-state index in [0.717, 1.165) is 72.7 Å². The van der Waals surface area contributed by atoms with Crippen LogP contribution in [0.1, 0.15) is 11.1 Å². The molecule has 0 aliphatic carbocycles.